The van der Waals surface area contributed by atoms with Crippen LogP contribution >= 0.6 is 0 Å². The van der Waals surface area contributed by atoms with E-state index in [-0.39, 0.29) is 19.1 Å². The van der Waals surface area contributed by atoms with Gasteiger partial charge in [-0.2, -0.15) is 0 Å². The van der Waals surface area contributed by atoms with Crippen molar-refractivity contribution >= 4 is 22.4 Å². The van der Waals surface area contributed by atoms with Crippen LogP contribution < -0.4 is 4.90 Å². The van der Waals surface area contributed by atoms with Crippen molar-refractivity contribution in [1.82, 2.24) is 4.90 Å². The fourth-order valence-corrected chi connectivity index (χ4v) is 3.44. The number of benzene rings is 2. The van der Waals surface area contributed by atoms with E-state index in [9.17, 15) is 15.0 Å². The van der Waals surface area contributed by atoms with Crippen molar-refractivity contribution in [2.45, 2.75) is 18.4 Å². The van der Waals surface area contributed by atoms with Crippen LogP contribution in [-0.2, 0) is 0 Å². The standard InChI is InChI=1S/C19H24N2O3/c1-20(2)17-9-8-16(14-6-3-4-7-15(14)17)18(23)21-11-5-10-19(24,12-21)13-22/h3-4,6-9,22,24H,5,10-13H2,1-2H3/t19-/m1/s1. The summed E-state index contributed by atoms with van der Waals surface area (Å²) in [6.45, 7) is 0.452. The van der Waals surface area contributed by atoms with Crippen LogP contribution in [0.3, 0.4) is 0 Å². The van der Waals surface area contributed by atoms with Gasteiger partial charge >= 0.3 is 0 Å². The summed E-state index contributed by atoms with van der Waals surface area (Å²) < 4.78 is 0. The predicted octanol–water partition coefficient (Wildman–Crippen LogP) is 1.87. The van der Waals surface area contributed by atoms with Gasteiger partial charge in [-0.15, -0.1) is 0 Å². The van der Waals surface area contributed by atoms with Crippen LogP contribution in [0.2, 0.25) is 0 Å². The highest BCUT2D eigenvalue weighted by atomic mass is 16.3. The molecule has 0 aliphatic carbocycles. The summed E-state index contributed by atoms with van der Waals surface area (Å²) in [6.07, 6.45) is 1.21. The predicted molar refractivity (Wildman–Crippen MR) is 95.4 cm³/mol. The highest BCUT2D eigenvalue weighted by Gasteiger charge is 2.35. The van der Waals surface area contributed by atoms with Gasteiger partial charge in [0.25, 0.3) is 5.91 Å². The number of carbonyl (C=O) groups excluding carboxylic acids is 1. The molecule has 0 radical (unpaired) electrons. The molecule has 0 unspecified atom stereocenters. The number of aliphatic hydroxyl groups is 2. The van der Waals surface area contributed by atoms with Gasteiger partial charge in [0, 0.05) is 37.3 Å². The van der Waals surface area contributed by atoms with E-state index in [1.807, 2.05) is 55.4 Å². The largest absolute Gasteiger partial charge is 0.393 e. The minimum Gasteiger partial charge on any atom is -0.393 e. The van der Waals surface area contributed by atoms with Crippen molar-refractivity contribution < 1.29 is 15.0 Å². The summed E-state index contributed by atoms with van der Waals surface area (Å²) >= 11 is 0. The second-order valence-electron chi connectivity index (χ2n) is 6.78. The molecule has 1 saturated heterocycles. The third kappa shape index (κ3) is 2.97. The van der Waals surface area contributed by atoms with Gasteiger partial charge in [-0.3, -0.25) is 4.79 Å². The number of likely N-dealkylation sites (tertiary alicyclic amines) is 1. The van der Waals surface area contributed by atoms with Crippen LogP contribution in [0.25, 0.3) is 10.8 Å². The molecule has 128 valence electrons. The van der Waals surface area contributed by atoms with Crippen molar-refractivity contribution in [3.05, 3.63) is 42.0 Å². The van der Waals surface area contributed by atoms with Crippen molar-refractivity contribution in [1.29, 1.82) is 0 Å². The van der Waals surface area contributed by atoms with Crippen LogP contribution in [0.4, 0.5) is 5.69 Å². The molecule has 2 aromatic carbocycles. The molecule has 2 N–H and O–H groups in total. The monoisotopic (exact) mass is 328 g/mol. The maximum absolute atomic E-state index is 13.0. The number of nitrogens with zero attached hydrogens (tertiary/aromatic N) is 2. The van der Waals surface area contributed by atoms with E-state index in [1.165, 1.54) is 0 Å². The van der Waals surface area contributed by atoms with Crippen molar-refractivity contribution in [2.75, 3.05) is 38.7 Å². The van der Waals surface area contributed by atoms with Crippen LogP contribution in [0.1, 0.15) is 23.2 Å². The Hall–Kier alpha value is -2.11. The molecule has 1 atom stereocenters. The first-order valence-electron chi connectivity index (χ1n) is 8.27. The number of anilines is 1. The molecule has 0 saturated carbocycles. The second-order valence-corrected chi connectivity index (χ2v) is 6.78. The second kappa shape index (κ2) is 6.42. The number of aliphatic hydroxyl groups excluding tert-OH is 1. The minimum atomic E-state index is -1.19. The van der Waals surface area contributed by atoms with Crippen molar-refractivity contribution in [3.63, 3.8) is 0 Å². The number of amides is 1. The maximum Gasteiger partial charge on any atom is 0.254 e. The lowest BCUT2D eigenvalue weighted by molar-refractivity contribution is -0.0598. The third-order valence-corrected chi connectivity index (χ3v) is 4.75. The Balaban J connectivity index is 2.00. The molecule has 5 nitrogen and oxygen atoms in total. The summed E-state index contributed by atoms with van der Waals surface area (Å²) in [5.74, 6) is -0.0944. The number of β-amino-alcohol motifs (C(OH)–C–C–N with tert-alkyl or cyclic N) is 1. The number of rotatable bonds is 3. The topological polar surface area (TPSA) is 64.0 Å². The zero-order valence-electron chi connectivity index (χ0n) is 14.2. The van der Waals surface area contributed by atoms with Gasteiger partial charge in [-0.05, 0) is 30.4 Å². The highest BCUT2D eigenvalue weighted by molar-refractivity contribution is 6.10. The van der Waals surface area contributed by atoms with Crippen LogP contribution in [0.5, 0.6) is 0 Å². The maximum atomic E-state index is 13.0. The molecule has 3 rings (SSSR count). The molecule has 1 aliphatic rings. The van der Waals surface area contributed by atoms with Crippen LogP contribution in [-0.4, -0.2) is 60.4 Å². The van der Waals surface area contributed by atoms with Crippen LogP contribution in [0, 0.1) is 0 Å². The normalized spacial score (nSPS) is 21.1. The number of fused-ring (bicyclic) bond motifs is 1. The van der Waals surface area contributed by atoms with Gasteiger partial charge in [0.05, 0.1) is 13.2 Å². The molecule has 1 fully saturated rings. The first-order chi connectivity index (χ1) is 11.4. The molecule has 0 spiro atoms. The summed E-state index contributed by atoms with van der Waals surface area (Å²) in [4.78, 5) is 16.7. The Bertz CT molecular complexity index is 759. The third-order valence-electron chi connectivity index (χ3n) is 4.75. The van der Waals surface area contributed by atoms with Gasteiger partial charge in [-0.1, -0.05) is 24.3 Å². The molecule has 0 aromatic heterocycles. The average Bonchev–Trinajstić information content (AvgIpc) is 2.60. The Kier molecular flexibility index (Phi) is 4.47. The van der Waals surface area contributed by atoms with Crippen LogP contribution in [0.15, 0.2) is 36.4 Å². The molecule has 0 bridgehead atoms. The molecule has 1 amide bonds. The van der Waals surface area contributed by atoms with E-state index in [1.54, 1.807) is 4.90 Å². The van der Waals surface area contributed by atoms with E-state index < -0.39 is 5.60 Å². The number of piperidine rings is 1. The molecule has 24 heavy (non-hydrogen) atoms. The zero-order valence-corrected chi connectivity index (χ0v) is 14.2. The fourth-order valence-electron chi connectivity index (χ4n) is 3.44. The molecule has 2 aromatic rings. The number of hydrogen-bond acceptors (Lipinski definition) is 4. The van der Waals surface area contributed by atoms with Gasteiger partial charge in [0.1, 0.15) is 5.60 Å². The summed E-state index contributed by atoms with van der Waals surface area (Å²) in [6, 6.07) is 11.7. The Labute approximate surface area is 142 Å². The zero-order chi connectivity index (χ0) is 17.3. The summed E-state index contributed by atoms with van der Waals surface area (Å²) in [5, 5.41) is 21.7. The Morgan fingerprint density at radius 3 is 2.58 bits per heavy atom. The smallest absolute Gasteiger partial charge is 0.254 e. The van der Waals surface area contributed by atoms with Gasteiger partial charge in [-0.25, -0.2) is 0 Å². The molecule has 1 aliphatic heterocycles. The van der Waals surface area contributed by atoms with E-state index in [0.717, 1.165) is 16.5 Å². The summed E-state index contributed by atoms with van der Waals surface area (Å²) in [7, 11) is 3.96. The highest BCUT2D eigenvalue weighted by Crippen LogP contribution is 2.30. The summed E-state index contributed by atoms with van der Waals surface area (Å²) in [5.41, 5.74) is 0.513. The van der Waals surface area contributed by atoms with Gasteiger partial charge in [0.15, 0.2) is 0 Å². The number of carbonyl (C=O) groups is 1. The van der Waals surface area contributed by atoms with Gasteiger partial charge < -0.3 is 20.0 Å². The van der Waals surface area contributed by atoms with Crippen molar-refractivity contribution in [3.8, 4) is 0 Å². The molecular formula is C19H24N2O3. The lowest BCUT2D eigenvalue weighted by atomic mass is 9.92. The van der Waals surface area contributed by atoms with Gasteiger partial charge in [0.2, 0.25) is 0 Å². The first-order valence-corrected chi connectivity index (χ1v) is 8.27. The molecule has 5 heteroatoms. The Morgan fingerprint density at radius 2 is 1.92 bits per heavy atom. The van der Waals surface area contributed by atoms with E-state index >= 15 is 0 Å². The lowest BCUT2D eigenvalue weighted by Crippen LogP contribution is -2.52. The van der Waals surface area contributed by atoms with E-state index in [2.05, 4.69) is 0 Å². The molecule has 1 heterocycles. The minimum absolute atomic E-state index is 0.0944. The molecular weight excluding hydrogens is 304 g/mol. The van der Waals surface area contributed by atoms with Crippen molar-refractivity contribution in [2.24, 2.45) is 0 Å². The Morgan fingerprint density at radius 1 is 1.21 bits per heavy atom. The first kappa shape index (κ1) is 16.7. The van der Waals surface area contributed by atoms with E-state index in [4.69, 9.17) is 0 Å². The quantitative estimate of drug-likeness (QED) is 0.903. The van der Waals surface area contributed by atoms with E-state index in [0.29, 0.717) is 24.9 Å². The lowest BCUT2D eigenvalue weighted by Gasteiger charge is -2.38. The number of hydrogen-bond donors (Lipinski definition) is 2. The fraction of sp³-hybridized carbons (Fsp3) is 0.421. The SMILES string of the molecule is CN(C)c1ccc(C(=O)N2CCC[C@](O)(CO)C2)c2ccccc12. The average molecular weight is 328 g/mol.